The van der Waals surface area contributed by atoms with Crippen molar-refractivity contribution in [3.05, 3.63) is 30.0 Å². The Hall–Kier alpha value is -2.30. The minimum Gasteiger partial charge on any atom is -0.505 e. The van der Waals surface area contributed by atoms with Gasteiger partial charge in [0.25, 0.3) is 0 Å². The smallest absolute Gasteiger partial charge is 0.359 e. The van der Waals surface area contributed by atoms with Gasteiger partial charge >= 0.3 is 5.97 Å². The molecular weight excluding hydrogens is 246 g/mol. The first-order valence-electron chi connectivity index (χ1n) is 5.97. The van der Waals surface area contributed by atoms with Crippen LogP contribution in [0.2, 0.25) is 0 Å². The summed E-state index contributed by atoms with van der Waals surface area (Å²) in [6, 6.07) is 6.78. The molecule has 0 unspecified atom stereocenters. The molecule has 0 radical (unpaired) electrons. The summed E-state index contributed by atoms with van der Waals surface area (Å²) in [7, 11) is 0. The standard InChI is InChI=1S/C14H15NO4/c1-8(2)19-14(18)12-13(17)10-6-4-5-7-11(10)15(12)9(3)16/h4-8,17H,1-3H3. The van der Waals surface area contributed by atoms with Gasteiger partial charge in [0.1, 0.15) is 0 Å². The van der Waals surface area contributed by atoms with E-state index in [0.29, 0.717) is 10.9 Å². The Morgan fingerprint density at radius 2 is 1.89 bits per heavy atom. The summed E-state index contributed by atoms with van der Waals surface area (Å²) in [5.74, 6) is -1.29. The fourth-order valence-electron chi connectivity index (χ4n) is 2.01. The van der Waals surface area contributed by atoms with E-state index in [4.69, 9.17) is 4.74 Å². The zero-order valence-electron chi connectivity index (χ0n) is 11.0. The lowest BCUT2D eigenvalue weighted by Crippen LogP contribution is -2.19. The molecule has 0 amide bonds. The third-order valence-corrected chi connectivity index (χ3v) is 2.70. The molecule has 0 spiro atoms. The first kappa shape index (κ1) is 13.1. The van der Waals surface area contributed by atoms with Gasteiger partial charge in [-0.25, -0.2) is 4.79 Å². The molecule has 1 aromatic heterocycles. The number of para-hydroxylation sites is 1. The molecular formula is C14H15NO4. The maximum atomic E-state index is 12.0. The van der Waals surface area contributed by atoms with Crippen LogP contribution in [0.1, 0.15) is 36.1 Å². The normalized spacial score (nSPS) is 10.9. The molecule has 0 aliphatic carbocycles. The van der Waals surface area contributed by atoms with Crippen LogP contribution in [-0.4, -0.2) is 27.7 Å². The maximum absolute atomic E-state index is 12.0. The van der Waals surface area contributed by atoms with E-state index in [0.717, 1.165) is 0 Å². The van der Waals surface area contributed by atoms with E-state index in [1.165, 1.54) is 11.5 Å². The second kappa shape index (κ2) is 4.76. The van der Waals surface area contributed by atoms with Crippen LogP contribution in [0.4, 0.5) is 0 Å². The first-order chi connectivity index (χ1) is 8.93. The third kappa shape index (κ3) is 2.19. The number of rotatable bonds is 2. The maximum Gasteiger partial charge on any atom is 0.359 e. The van der Waals surface area contributed by atoms with Crippen molar-refractivity contribution in [3.8, 4) is 5.75 Å². The number of esters is 1. The molecule has 2 aromatic rings. The molecule has 0 atom stereocenters. The number of nitrogens with zero attached hydrogens (tertiary/aromatic N) is 1. The highest BCUT2D eigenvalue weighted by Gasteiger charge is 2.26. The van der Waals surface area contributed by atoms with Crippen molar-refractivity contribution in [3.63, 3.8) is 0 Å². The van der Waals surface area contributed by atoms with E-state index in [-0.39, 0.29) is 23.5 Å². The molecule has 0 aliphatic rings. The van der Waals surface area contributed by atoms with Crippen LogP contribution in [0.25, 0.3) is 10.9 Å². The number of carbonyl (C=O) groups is 2. The molecule has 1 N–H and O–H groups in total. The fourth-order valence-corrected chi connectivity index (χ4v) is 2.01. The molecule has 0 fully saturated rings. The van der Waals surface area contributed by atoms with Gasteiger partial charge in [0, 0.05) is 12.3 Å². The third-order valence-electron chi connectivity index (χ3n) is 2.70. The van der Waals surface area contributed by atoms with Crippen molar-refractivity contribution >= 4 is 22.8 Å². The summed E-state index contributed by atoms with van der Waals surface area (Å²) in [6.45, 7) is 4.74. The number of aromatic nitrogens is 1. The largest absolute Gasteiger partial charge is 0.505 e. The Morgan fingerprint density at radius 3 is 2.47 bits per heavy atom. The van der Waals surface area contributed by atoms with Gasteiger partial charge in [-0.2, -0.15) is 0 Å². The lowest BCUT2D eigenvalue weighted by molar-refractivity contribution is 0.0360. The van der Waals surface area contributed by atoms with E-state index < -0.39 is 5.97 Å². The molecule has 5 nitrogen and oxygen atoms in total. The van der Waals surface area contributed by atoms with E-state index >= 15 is 0 Å². The lowest BCUT2D eigenvalue weighted by atomic mass is 10.2. The van der Waals surface area contributed by atoms with Gasteiger partial charge in [-0.05, 0) is 26.0 Å². The van der Waals surface area contributed by atoms with Crippen molar-refractivity contribution in [2.45, 2.75) is 26.9 Å². The predicted octanol–water partition coefficient (Wildman–Crippen LogP) is 2.57. The second-order valence-corrected chi connectivity index (χ2v) is 4.52. The van der Waals surface area contributed by atoms with Gasteiger partial charge in [0.2, 0.25) is 5.91 Å². The van der Waals surface area contributed by atoms with E-state index in [2.05, 4.69) is 0 Å². The number of hydrogen-bond donors (Lipinski definition) is 1. The van der Waals surface area contributed by atoms with Crippen molar-refractivity contribution in [2.24, 2.45) is 0 Å². The Kier molecular flexibility index (Phi) is 3.29. The van der Waals surface area contributed by atoms with Crippen LogP contribution < -0.4 is 0 Å². The van der Waals surface area contributed by atoms with Gasteiger partial charge < -0.3 is 9.84 Å². The minimum absolute atomic E-state index is 0.123. The average molecular weight is 261 g/mol. The summed E-state index contributed by atoms with van der Waals surface area (Å²) in [4.78, 5) is 23.7. The molecule has 19 heavy (non-hydrogen) atoms. The SMILES string of the molecule is CC(=O)n1c(C(=O)OC(C)C)c(O)c2ccccc21. The number of hydrogen-bond acceptors (Lipinski definition) is 4. The summed E-state index contributed by atoms with van der Waals surface area (Å²) >= 11 is 0. The minimum atomic E-state index is -0.709. The van der Waals surface area contributed by atoms with Crippen LogP contribution in [0.5, 0.6) is 5.75 Å². The molecule has 2 rings (SSSR count). The number of ether oxygens (including phenoxy) is 1. The Labute approximate surface area is 110 Å². The molecule has 0 saturated heterocycles. The average Bonchev–Trinajstić information content (AvgIpc) is 2.62. The molecule has 1 aromatic carbocycles. The summed E-state index contributed by atoms with van der Waals surface area (Å²) < 4.78 is 6.24. The lowest BCUT2D eigenvalue weighted by Gasteiger charge is -2.09. The molecule has 0 bridgehead atoms. The van der Waals surface area contributed by atoms with Gasteiger partial charge in [0.15, 0.2) is 11.4 Å². The van der Waals surface area contributed by atoms with E-state index in [9.17, 15) is 14.7 Å². The van der Waals surface area contributed by atoms with Crippen molar-refractivity contribution in [1.29, 1.82) is 0 Å². The molecule has 0 aliphatic heterocycles. The number of aromatic hydroxyl groups is 1. The first-order valence-corrected chi connectivity index (χ1v) is 5.97. The highest BCUT2D eigenvalue weighted by Crippen LogP contribution is 2.32. The van der Waals surface area contributed by atoms with Crippen molar-refractivity contribution in [1.82, 2.24) is 4.57 Å². The van der Waals surface area contributed by atoms with Crippen molar-refractivity contribution in [2.75, 3.05) is 0 Å². The number of benzene rings is 1. The Bertz CT molecular complexity index is 655. The Balaban J connectivity index is 2.72. The topological polar surface area (TPSA) is 68.5 Å². The van der Waals surface area contributed by atoms with Gasteiger partial charge in [-0.15, -0.1) is 0 Å². The monoisotopic (exact) mass is 261 g/mol. The van der Waals surface area contributed by atoms with Gasteiger partial charge in [-0.3, -0.25) is 9.36 Å². The summed E-state index contributed by atoms with van der Waals surface area (Å²) in [5, 5.41) is 10.6. The van der Waals surface area contributed by atoms with Crippen LogP contribution in [0, 0.1) is 0 Å². The second-order valence-electron chi connectivity index (χ2n) is 4.52. The zero-order valence-corrected chi connectivity index (χ0v) is 11.0. The number of carbonyl (C=O) groups excluding carboxylic acids is 2. The van der Waals surface area contributed by atoms with Crippen LogP contribution in [-0.2, 0) is 4.74 Å². The zero-order chi connectivity index (χ0) is 14.2. The quantitative estimate of drug-likeness (QED) is 0.843. The molecule has 100 valence electrons. The van der Waals surface area contributed by atoms with Crippen LogP contribution >= 0.6 is 0 Å². The summed E-state index contributed by atoms with van der Waals surface area (Å²) in [6.07, 6.45) is -0.328. The van der Waals surface area contributed by atoms with Crippen molar-refractivity contribution < 1.29 is 19.4 Å². The predicted molar refractivity (Wildman–Crippen MR) is 70.5 cm³/mol. The molecule has 0 saturated carbocycles. The van der Waals surface area contributed by atoms with Gasteiger partial charge in [-0.1, -0.05) is 12.1 Å². The molecule has 1 heterocycles. The highest BCUT2D eigenvalue weighted by molar-refractivity contribution is 6.07. The van der Waals surface area contributed by atoms with Crippen LogP contribution in [0.3, 0.4) is 0 Å². The molecule has 5 heteroatoms. The summed E-state index contributed by atoms with van der Waals surface area (Å²) in [5.41, 5.74) is 0.366. The van der Waals surface area contributed by atoms with E-state index in [1.807, 2.05) is 0 Å². The van der Waals surface area contributed by atoms with Gasteiger partial charge in [0.05, 0.1) is 11.6 Å². The van der Waals surface area contributed by atoms with E-state index in [1.54, 1.807) is 38.1 Å². The van der Waals surface area contributed by atoms with Crippen LogP contribution in [0.15, 0.2) is 24.3 Å². The fraction of sp³-hybridized carbons (Fsp3) is 0.286. The highest BCUT2D eigenvalue weighted by atomic mass is 16.5. The number of fused-ring (bicyclic) bond motifs is 1. The Morgan fingerprint density at radius 1 is 1.26 bits per heavy atom.